The predicted octanol–water partition coefficient (Wildman–Crippen LogP) is 4.25. The number of hydrogen-bond donors (Lipinski definition) is 0. The number of amides is 1. The van der Waals surface area contributed by atoms with Crippen LogP contribution >= 0.6 is 11.3 Å². The molecule has 2 fully saturated rings. The van der Waals surface area contributed by atoms with Crippen molar-refractivity contribution in [1.82, 2.24) is 9.80 Å². The van der Waals surface area contributed by atoms with Gasteiger partial charge in [-0.3, -0.25) is 9.69 Å². The molecule has 2 unspecified atom stereocenters. The second kappa shape index (κ2) is 10.2. The van der Waals surface area contributed by atoms with E-state index in [2.05, 4.69) is 39.4 Å². The number of carbonyl (C=O) groups excluding carboxylic acids is 1. The predicted molar refractivity (Wildman–Crippen MR) is 124 cm³/mol. The lowest BCUT2D eigenvalue weighted by Crippen LogP contribution is -2.42. The Labute approximate surface area is 194 Å². The molecule has 2 saturated heterocycles. The Morgan fingerprint density at radius 3 is 2.78 bits per heavy atom. The first-order valence-corrected chi connectivity index (χ1v) is 12.7. The maximum Gasteiger partial charge on any atom is 0.237 e. The first-order valence-electron chi connectivity index (χ1n) is 11.8. The third-order valence-electron chi connectivity index (χ3n) is 6.53. The molecule has 1 aromatic heterocycles. The minimum absolute atomic E-state index is 0.103. The number of likely N-dealkylation sites (tertiary alicyclic amines) is 1. The number of benzene rings is 1. The van der Waals surface area contributed by atoms with Crippen molar-refractivity contribution in [3.63, 3.8) is 0 Å². The Balaban J connectivity index is 1.28. The van der Waals surface area contributed by atoms with Crippen molar-refractivity contribution in [1.29, 1.82) is 0 Å². The lowest BCUT2D eigenvalue weighted by molar-refractivity contribution is -0.133. The molecule has 0 spiro atoms. The lowest BCUT2D eigenvalue weighted by atomic mass is 10.0. The fourth-order valence-corrected chi connectivity index (χ4v) is 5.71. The molecule has 5 rings (SSSR count). The van der Waals surface area contributed by atoms with Gasteiger partial charge in [0.05, 0.1) is 31.9 Å². The highest BCUT2D eigenvalue weighted by molar-refractivity contribution is 7.09. The van der Waals surface area contributed by atoms with Crippen LogP contribution in [0.1, 0.15) is 48.6 Å². The molecule has 3 aliphatic rings. The van der Waals surface area contributed by atoms with Gasteiger partial charge in [-0.1, -0.05) is 12.1 Å². The summed E-state index contributed by atoms with van der Waals surface area (Å²) in [4.78, 5) is 19.1. The Morgan fingerprint density at radius 2 is 1.97 bits per heavy atom. The SMILES string of the molecule is O=C(CN(Cc1cccs1)CC1CCCO1)N1CCCC1c1ccc2c(c1)OCCCO2. The highest BCUT2D eigenvalue weighted by atomic mass is 32.1. The molecule has 172 valence electrons. The minimum Gasteiger partial charge on any atom is -0.490 e. The van der Waals surface area contributed by atoms with Crippen LogP contribution in [-0.4, -0.2) is 61.3 Å². The van der Waals surface area contributed by atoms with E-state index in [0.29, 0.717) is 19.8 Å². The van der Waals surface area contributed by atoms with Gasteiger partial charge in [0.1, 0.15) is 0 Å². The van der Waals surface area contributed by atoms with Gasteiger partial charge in [-0.25, -0.2) is 0 Å². The Bertz CT molecular complexity index is 897. The maximum atomic E-state index is 13.5. The first-order chi connectivity index (χ1) is 15.8. The Kier molecular flexibility index (Phi) is 6.95. The van der Waals surface area contributed by atoms with Crippen LogP contribution < -0.4 is 9.47 Å². The van der Waals surface area contributed by atoms with E-state index in [1.54, 1.807) is 11.3 Å². The molecule has 2 atom stereocenters. The zero-order valence-electron chi connectivity index (χ0n) is 18.5. The van der Waals surface area contributed by atoms with Crippen molar-refractivity contribution < 1.29 is 19.0 Å². The van der Waals surface area contributed by atoms with Crippen LogP contribution in [0.2, 0.25) is 0 Å². The normalized spacial score (nSPS) is 23.0. The fourth-order valence-electron chi connectivity index (χ4n) is 4.97. The molecule has 32 heavy (non-hydrogen) atoms. The van der Waals surface area contributed by atoms with Crippen molar-refractivity contribution in [3.8, 4) is 11.5 Å². The van der Waals surface area contributed by atoms with E-state index >= 15 is 0 Å². The second-order valence-corrected chi connectivity index (χ2v) is 9.92. The standard InChI is InChI=1S/C25H32N2O4S/c28-25(18-26(16-20-5-2-11-29-20)17-21-6-3-14-32-21)27-10-1-7-22(27)19-8-9-23-24(15-19)31-13-4-12-30-23/h3,6,8-9,14-15,20,22H,1-2,4-5,7,10-13,16-18H2. The minimum atomic E-state index is 0.103. The average molecular weight is 457 g/mol. The number of carbonyl (C=O) groups is 1. The summed E-state index contributed by atoms with van der Waals surface area (Å²) in [6.07, 6.45) is 5.34. The summed E-state index contributed by atoms with van der Waals surface area (Å²) >= 11 is 1.75. The van der Waals surface area contributed by atoms with Gasteiger partial charge in [-0.05, 0) is 54.8 Å². The van der Waals surface area contributed by atoms with Crippen molar-refractivity contribution in [2.24, 2.45) is 0 Å². The molecule has 4 heterocycles. The fraction of sp³-hybridized carbons (Fsp3) is 0.560. The lowest BCUT2D eigenvalue weighted by Gasteiger charge is -2.30. The van der Waals surface area contributed by atoms with Crippen LogP contribution in [-0.2, 0) is 16.1 Å². The zero-order chi connectivity index (χ0) is 21.8. The van der Waals surface area contributed by atoms with Gasteiger partial charge in [0, 0.05) is 37.5 Å². The molecular formula is C25H32N2O4S. The molecule has 0 radical (unpaired) electrons. The van der Waals surface area contributed by atoms with E-state index in [1.807, 2.05) is 6.07 Å². The van der Waals surface area contributed by atoms with Crippen molar-refractivity contribution >= 4 is 17.2 Å². The summed E-state index contributed by atoms with van der Waals surface area (Å²) in [7, 11) is 0. The summed E-state index contributed by atoms with van der Waals surface area (Å²) in [5.74, 6) is 1.81. The molecule has 3 aliphatic heterocycles. The van der Waals surface area contributed by atoms with Gasteiger partial charge in [0.15, 0.2) is 11.5 Å². The summed E-state index contributed by atoms with van der Waals surface area (Å²) in [6, 6.07) is 10.5. The number of fused-ring (bicyclic) bond motifs is 1. The highest BCUT2D eigenvalue weighted by Crippen LogP contribution is 2.38. The van der Waals surface area contributed by atoms with Crippen LogP contribution in [0.3, 0.4) is 0 Å². The summed E-state index contributed by atoms with van der Waals surface area (Å²) < 4.78 is 17.6. The highest BCUT2D eigenvalue weighted by Gasteiger charge is 2.32. The van der Waals surface area contributed by atoms with E-state index in [0.717, 1.165) is 75.4 Å². The van der Waals surface area contributed by atoms with E-state index in [1.165, 1.54) is 4.88 Å². The Morgan fingerprint density at radius 1 is 1.06 bits per heavy atom. The third kappa shape index (κ3) is 5.11. The molecular weight excluding hydrogens is 424 g/mol. The number of hydrogen-bond acceptors (Lipinski definition) is 6. The molecule has 1 amide bonds. The molecule has 0 N–H and O–H groups in total. The number of thiophene rings is 1. The maximum absolute atomic E-state index is 13.5. The molecule has 0 aliphatic carbocycles. The van der Waals surface area contributed by atoms with Gasteiger partial charge in [0.25, 0.3) is 0 Å². The van der Waals surface area contributed by atoms with E-state index in [9.17, 15) is 4.79 Å². The third-order valence-corrected chi connectivity index (χ3v) is 7.39. The molecule has 1 aromatic carbocycles. The molecule has 7 heteroatoms. The molecule has 2 aromatic rings. The largest absolute Gasteiger partial charge is 0.490 e. The van der Waals surface area contributed by atoms with Crippen LogP contribution in [0.5, 0.6) is 11.5 Å². The smallest absolute Gasteiger partial charge is 0.237 e. The molecule has 0 bridgehead atoms. The number of rotatable bonds is 7. The van der Waals surface area contributed by atoms with Crippen LogP contribution in [0.15, 0.2) is 35.7 Å². The van der Waals surface area contributed by atoms with Gasteiger partial charge in [-0.2, -0.15) is 0 Å². The Hall–Kier alpha value is -2.09. The van der Waals surface area contributed by atoms with Crippen LogP contribution in [0.4, 0.5) is 0 Å². The van der Waals surface area contributed by atoms with E-state index in [4.69, 9.17) is 14.2 Å². The van der Waals surface area contributed by atoms with Crippen molar-refractivity contribution in [2.45, 2.75) is 50.8 Å². The van der Waals surface area contributed by atoms with Crippen LogP contribution in [0, 0.1) is 0 Å². The van der Waals surface area contributed by atoms with E-state index in [-0.39, 0.29) is 18.1 Å². The summed E-state index contributed by atoms with van der Waals surface area (Å²) in [5, 5.41) is 2.10. The quantitative estimate of drug-likeness (QED) is 0.623. The second-order valence-electron chi connectivity index (χ2n) is 8.89. The molecule has 6 nitrogen and oxygen atoms in total. The summed E-state index contributed by atoms with van der Waals surface area (Å²) in [5.41, 5.74) is 1.14. The molecule has 0 saturated carbocycles. The summed E-state index contributed by atoms with van der Waals surface area (Å²) in [6.45, 7) is 5.04. The average Bonchev–Trinajstić information content (AvgIpc) is 3.55. The van der Waals surface area contributed by atoms with Crippen LogP contribution in [0.25, 0.3) is 0 Å². The monoisotopic (exact) mass is 456 g/mol. The van der Waals surface area contributed by atoms with Gasteiger partial charge >= 0.3 is 0 Å². The van der Waals surface area contributed by atoms with Crippen molar-refractivity contribution in [2.75, 3.05) is 39.5 Å². The number of nitrogens with zero attached hydrogens (tertiary/aromatic N) is 2. The van der Waals surface area contributed by atoms with Crippen molar-refractivity contribution in [3.05, 3.63) is 46.2 Å². The topological polar surface area (TPSA) is 51.2 Å². The first kappa shape index (κ1) is 21.7. The zero-order valence-corrected chi connectivity index (χ0v) is 19.4. The van der Waals surface area contributed by atoms with E-state index < -0.39 is 0 Å². The van der Waals surface area contributed by atoms with Gasteiger partial charge < -0.3 is 19.1 Å². The van der Waals surface area contributed by atoms with Gasteiger partial charge in [-0.15, -0.1) is 11.3 Å². The number of ether oxygens (including phenoxy) is 3. The van der Waals surface area contributed by atoms with Gasteiger partial charge in [0.2, 0.25) is 5.91 Å².